The number of hydrogen-bond acceptors (Lipinski definition) is 5. The Kier molecular flexibility index (Phi) is 4.84. The van der Waals surface area contributed by atoms with Crippen LogP contribution in [0.3, 0.4) is 0 Å². The molecular weight excluding hydrogens is 290 g/mol. The zero-order valence-corrected chi connectivity index (χ0v) is 12.8. The number of rotatable bonds is 6. The summed E-state index contributed by atoms with van der Waals surface area (Å²) in [5.74, 6) is 0.769. The first kappa shape index (κ1) is 15.8. The smallest absolute Gasteiger partial charge is 0.179 e. The van der Waals surface area contributed by atoms with Gasteiger partial charge in [0, 0.05) is 18.2 Å². The molecule has 0 aliphatic heterocycles. The van der Waals surface area contributed by atoms with Crippen LogP contribution in [0.25, 0.3) is 0 Å². The molecule has 0 aromatic heterocycles. The summed E-state index contributed by atoms with van der Waals surface area (Å²) in [5, 5.41) is 14.7. The third kappa shape index (κ3) is 3.95. The third-order valence-corrected chi connectivity index (χ3v) is 5.53. The normalized spacial score (nSPS) is 22.8. The van der Waals surface area contributed by atoms with Crippen molar-refractivity contribution >= 4 is 15.7 Å². The fraction of sp³-hybridized carbons (Fsp3) is 0.500. The summed E-state index contributed by atoms with van der Waals surface area (Å²) in [5.41, 5.74) is 5.92. The van der Waals surface area contributed by atoms with E-state index in [1.807, 2.05) is 0 Å². The molecule has 6 nitrogen and oxygen atoms in total. The molecule has 21 heavy (non-hydrogen) atoms. The second-order valence-electron chi connectivity index (χ2n) is 5.56. The van der Waals surface area contributed by atoms with Crippen LogP contribution in [0.5, 0.6) is 0 Å². The predicted molar refractivity (Wildman–Crippen MR) is 81.2 cm³/mol. The van der Waals surface area contributed by atoms with Crippen molar-refractivity contribution in [2.45, 2.75) is 30.7 Å². The number of benzene rings is 1. The van der Waals surface area contributed by atoms with E-state index in [4.69, 9.17) is 10.9 Å². The number of hydrogen-bond donors (Lipinski definition) is 3. The maximum Gasteiger partial charge on any atom is 0.179 e. The molecule has 0 unspecified atom stereocenters. The van der Waals surface area contributed by atoms with Crippen LogP contribution in [-0.2, 0) is 9.84 Å². The van der Waals surface area contributed by atoms with Crippen LogP contribution in [0, 0.1) is 5.92 Å². The Labute approximate surface area is 125 Å². The summed E-state index contributed by atoms with van der Waals surface area (Å²) in [6.45, 7) is 2.65. The molecule has 0 amide bonds. The number of nitrogens with two attached hydrogens (primary N) is 1. The van der Waals surface area contributed by atoms with E-state index < -0.39 is 9.84 Å². The molecule has 116 valence electrons. The molecule has 0 saturated heterocycles. The molecule has 0 spiro atoms. The highest BCUT2D eigenvalue weighted by Gasteiger charge is 2.25. The quantitative estimate of drug-likeness (QED) is 0.314. The van der Waals surface area contributed by atoms with Gasteiger partial charge in [-0.2, -0.15) is 0 Å². The Bertz CT molecular complexity index is 605. The van der Waals surface area contributed by atoms with Gasteiger partial charge in [0.15, 0.2) is 15.7 Å². The van der Waals surface area contributed by atoms with Crippen LogP contribution in [0.1, 0.15) is 25.3 Å². The molecule has 1 aromatic rings. The van der Waals surface area contributed by atoms with Gasteiger partial charge < -0.3 is 16.3 Å². The molecule has 7 heteroatoms. The van der Waals surface area contributed by atoms with E-state index in [9.17, 15) is 8.42 Å². The lowest BCUT2D eigenvalue weighted by atomic mass is 9.82. The summed E-state index contributed by atoms with van der Waals surface area (Å²) >= 11 is 0. The number of nitrogens with zero attached hydrogens (tertiary/aromatic N) is 1. The van der Waals surface area contributed by atoms with E-state index in [0.29, 0.717) is 18.2 Å². The molecule has 0 radical (unpaired) electrons. The molecule has 0 atom stereocenters. The molecule has 1 aromatic carbocycles. The van der Waals surface area contributed by atoms with E-state index in [-0.39, 0.29) is 16.5 Å². The van der Waals surface area contributed by atoms with E-state index in [1.54, 1.807) is 0 Å². The van der Waals surface area contributed by atoms with E-state index in [1.165, 1.54) is 24.3 Å². The van der Waals surface area contributed by atoms with Crippen LogP contribution < -0.4 is 11.1 Å². The zero-order valence-electron chi connectivity index (χ0n) is 12.0. The fourth-order valence-corrected chi connectivity index (χ4v) is 3.65. The Morgan fingerprint density at radius 1 is 1.38 bits per heavy atom. The van der Waals surface area contributed by atoms with Gasteiger partial charge in [-0.1, -0.05) is 12.1 Å². The summed E-state index contributed by atoms with van der Waals surface area (Å²) < 4.78 is 24.4. The minimum atomic E-state index is -3.31. The average molecular weight is 311 g/mol. The van der Waals surface area contributed by atoms with Crippen molar-refractivity contribution in [1.29, 1.82) is 0 Å². The molecule has 0 heterocycles. The highest BCUT2D eigenvalue weighted by atomic mass is 32.2. The number of nitrogens with one attached hydrogen (secondary N) is 1. The zero-order chi connectivity index (χ0) is 15.5. The summed E-state index contributed by atoms with van der Waals surface area (Å²) in [4.78, 5) is 0.251. The largest absolute Gasteiger partial charge is 0.409 e. The summed E-state index contributed by atoms with van der Waals surface area (Å²) in [7, 11) is -3.31. The van der Waals surface area contributed by atoms with E-state index >= 15 is 0 Å². The van der Waals surface area contributed by atoms with Gasteiger partial charge in [-0.3, -0.25) is 0 Å². The topological polar surface area (TPSA) is 105 Å². The number of amidine groups is 1. The minimum absolute atomic E-state index is 0.0419. The lowest BCUT2D eigenvalue weighted by Gasteiger charge is -2.33. The van der Waals surface area contributed by atoms with Gasteiger partial charge in [-0.05, 0) is 43.0 Å². The van der Waals surface area contributed by atoms with Crippen LogP contribution in [0.4, 0.5) is 0 Å². The first-order valence-corrected chi connectivity index (χ1v) is 8.61. The minimum Gasteiger partial charge on any atom is -0.409 e. The lowest BCUT2D eigenvalue weighted by molar-refractivity contribution is 0.245. The van der Waals surface area contributed by atoms with Gasteiger partial charge in [0.2, 0.25) is 0 Å². The average Bonchev–Trinajstić information content (AvgIpc) is 2.44. The molecule has 0 bridgehead atoms. The Balaban J connectivity index is 1.92. The monoisotopic (exact) mass is 311 g/mol. The summed E-state index contributed by atoms with van der Waals surface area (Å²) in [6, 6.07) is 6.48. The molecular formula is C14H21N3O3S. The SMILES string of the molecule is CC1CC(NCCS(=O)(=O)c2ccc(/C(N)=N/O)cc2)C1. The predicted octanol–water partition coefficient (Wildman–Crippen LogP) is 0.943. The van der Waals surface area contributed by atoms with Gasteiger partial charge in [-0.25, -0.2) is 8.42 Å². The van der Waals surface area contributed by atoms with Crippen molar-refractivity contribution in [1.82, 2.24) is 5.32 Å². The highest BCUT2D eigenvalue weighted by Crippen LogP contribution is 2.26. The van der Waals surface area contributed by atoms with Gasteiger partial charge in [-0.15, -0.1) is 0 Å². The van der Waals surface area contributed by atoms with Crippen molar-refractivity contribution in [2.24, 2.45) is 16.8 Å². The molecule has 2 rings (SSSR count). The van der Waals surface area contributed by atoms with Crippen LogP contribution in [-0.4, -0.2) is 37.8 Å². The van der Waals surface area contributed by atoms with Crippen molar-refractivity contribution in [3.05, 3.63) is 29.8 Å². The van der Waals surface area contributed by atoms with Crippen molar-refractivity contribution in [3.8, 4) is 0 Å². The highest BCUT2D eigenvalue weighted by molar-refractivity contribution is 7.91. The Hall–Kier alpha value is -1.60. The first-order chi connectivity index (χ1) is 9.92. The van der Waals surface area contributed by atoms with E-state index in [0.717, 1.165) is 18.8 Å². The van der Waals surface area contributed by atoms with Crippen molar-refractivity contribution < 1.29 is 13.6 Å². The lowest BCUT2D eigenvalue weighted by Crippen LogP contribution is -2.42. The van der Waals surface area contributed by atoms with Crippen molar-refractivity contribution in [2.75, 3.05) is 12.3 Å². The Morgan fingerprint density at radius 3 is 2.52 bits per heavy atom. The second-order valence-corrected chi connectivity index (χ2v) is 7.67. The molecule has 1 saturated carbocycles. The van der Waals surface area contributed by atoms with E-state index in [2.05, 4.69) is 17.4 Å². The van der Waals surface area contributed by atoms with Crippen LogP contribution in [0.15, 0.2) is 34.3 Å². The standard InChI is InChI=1S/C14H21N3O3S/c1-10-8-12(9-10)16-6-7-21(19,20)13-4-2-11(3-5-13)14(15)17-18/h2-5,10,12,16,18H,6-9H2,1H3,(H2,15,17). The maximum atomic E-state index is 12.2. The first-order valence-electron chi connectivity index (χ1n) is 6.96. The van der Waals surface area contributed by atoms with Gasteiger partial charge in [0.1, 0.15) is 0 Å². The van der Waals surface area contributed by atoms with Gasteiger partial charge in [0.25, 0.3) is 0 Å². The van der Waals surface area contributed by atoms with Crippen LogP contribution >= 0.6 is 0 Å². The number of sulfone groups is 1. The van der Waals surface area contributed by atoms with Crippen LogP contribution in [0.2, 0.25) is 0 Å². The van der Waals surface area contributed by atoms with Crippen molar-refractivity contribution in [3.63, 3.8) is 0 Å². The third-order valence-electron chi connectivity index (χ3n) is 3.79. The molecule has 1 aliphatic rings. The summed E-state index contributed by atoms with van der Waals surface area (Å²) in [6.07, 6.45) is 2.24. The second kappa shape index (κ2) is 6.44. The Morgan fingerprint density at radius 2 is 2.00 bits per heavy atom. The molecule has 1 aliphatic carbocycles. The fourth-order valence-electron chi connectivity index (χ4n) is 2.48. The van der Waals surface area contributed by atoms with Gasteiger partial charge in [0.05, 0.1) is 10.6 Å². The molecule has 4 N–H and O–H groups in total. The number of oxime groups is 1. The molecule has 1 fully saturated rings. The maximum absolute atomic E-state index is 12.2. The van der Waals surface area contributed by atoms with Gasteiger partial charge >= 0.3 is 0 Å².